The van der Waals surface area contributed by atoms with Gasteiger partial charge in [0.05, 0.1) is 6.54 Å². The number of nitrogens with one attached hydrogen (secondary N) is 1. The highest BCUT2D eigenvalue weighted by atomic mass is 35.5. The van der Waals surface area contributed by atoms with Gasteiger partial charge in [-0.05, 0) is 44.2 Å². The first kappa shape index (κ1) is 21.8. The van der Waals surface area contributed by atoms with Gasteiger partial charge in [0.25, 0.3) is 0 Å². The molecule has 0 bridgehead atoms. The van der Waals surface area contributed by atoms with Crippen LogP contribution in [0.25, 0.3) is 0 Å². The first-order chi connectivity index (χ1) is 10.4. The van der Waals surface area contributed by atoms with Gasteiger partial charge in [-0.3, -0.25) is 9.69 Å². The molecule has 4 nitrogen and oxygen atoms in total. The topological polar surface area (TPSA) is 35.6 Å². The Morgan fingerprint density at radius 1 is 1.08 bits per heavy atom. The van der Waals surface area contributed by atoms with Gasteiger partial charge in [-0.15, -0.1) is 24.8 Å². The molecule has 1 saturated carbocycles. The monoisotopic (exact) mass is 391 g/mol. The van der Waals surface area contributed by atoms with Crippen LogP contribution in [-0.4, -0.2) is 67.7 Å². The molecule has 1 aliphatic carbocycles. The van der Waals surface area contributed by atoms with E-state index in [9.17, 15) is 18.0 Å². The molecule has 24 heavy (non-hydrogen) atoms. The van der Waals surface area contributed by atoms with Crippen molar-refractivity contribution in [1.29, 1.82) is 0 Å². The molecule has 1 atom stereocenters. The highest BCUT2D eigenvalue weighted by Gasteiger charge is 2.58. The number of hydrogen-bond donors (Lipinski definition) is 1. The third-order valence-corrected chi connectivity index (χ3v) is 5.39. The van der Waals surface area contributed by atoms with Crippen molar-refractivity contribution in [3.05, 3.63) is 0 Å². The fraction of sp³-hybridized carbons (Fsp3) is 0.933. The summed E-state index contributed by atoms with van der Waals surface area (Å²) in [7, 11) is 0. The van der Waals surface area contributed by atoms with Gasteiger partial charge in [-0.2, -0.15) is 13.2 Å². The minimum Gasteiger partial charge on any atom is -0.341 e. The van der Waals surface area contributed by atoms with Gasteiger partial charge < -0.3 is 10.2 Å². The zero-order valence-electron chi connectivity index (χ0n) is 13.6. The van der Waals surface area contributed by atoms with Crippen molar-refractivity contribution in [2.45, 2.75) is 31.9 Å². The van der Waals surface area contributed by atoms with E-state index in [0.29, 0.717) is 32.6 Å². The normalized spacial score (nSPS) is 27.0. The van der Waals surface area contributed by atoms with Gasteiger partial charge in [0, 0.05) is 32.1 Å². The molecule has 2 aliphatic heterocycles. The summed E-state index contributed by atoms with van der Waals surface area (Å²) in [6.45, 7) is 2.85. The number of rotatable bonds is 2. The number of carbonyl (C=O) groups excluding carboxylic acids is 1. The molecule has 1 amide bonds. The smallest absolute Gasteiger partial charge is 0.341 e. The molecule has 3 rings (SSSR count). The Bertz CT molecular complexity index is 431. The third-order valence-electron chi connectivity index (χ3n) is 5.39. The molecule has 1 unspecified atom stereocenters. The minimum absolute atomic E-state index is 0. The molecule has 2 heterocycles. The summed E-state index contributed by atoms with van der Waals surface area (Å²) in [4.78, 5) is 15.9. The van der Waals surface area contributed by atoms with Crippen LogP contribution < -0.4 is 5.32 Å². The number of hydrogen-bond acceptors (Lipinski definition) is 3. The highest BCUT2D eigenvalue weighted by molar-refractivity contribution is 5.85. The van der Waals surface area contributed by atoms with Gasteiger partial charge in [-0.1, -0.05) is 0 Å². The lowest BCUT2D eigenvalue weighted by Gasteiger charge is -2.26. The first-order valence-corrected chi connectivity index (χ1v) is 8.18. The average Bonchev–Trinajstić information content (AvgIpc) is 3.18. The molecule has 2 saturated heterocycles. The largest absolute Gasteiger partial charge is 0.401 e. The number of amides is 1. The van der Waals surface area contributed by atoms with Crippen molar-refractivity contribution < 1.29 is 18.0 Å². The molecule has 0 radical (unpaired) electrons. The Labute approximate surface area is 153 Å². The van der Waals surface area contributed by atoms with Gasteiger partial charge >= 0.3 is 6.18 Å². The predicted molar refractivity (Wildman–Crippen MR) is 90.8 cm³/mol. The van der Waals surface area contributed by atoms with Gasteiger partial charge in [0.1, 0.15) is 0 Å². The van der Waals surface area contributed by atoms with E-state index < -0.39 is 12.7 Å². The summed E-state index contributed by atoms with van der Waals surface area (Å²) in [5.74, 6) is 0.291. The quantitative estimate of drug-likeness (QED) is 0.784. The first-order valence-electron chi connectivity index (χ1n) is 8.18. The Morgan fingerprint density at radius 3 is 2.38 bits per heavy atom. The number of alkyl halides is 3. The van der Waals surface area contributed by atoms with Crippen LogP contribution >= 0.6 is 24.8 Å². The zero-order valence-corrected chi connectivity index (χ0v) is 15.2. The molecular weight excluding hydrogens is 366 g/mol. The predicted octanol–water partition coefficient (Wildman–Crippen LogP) is 2.32. The lowest BCUT2D eigenvalue weighted by molar-refractivity contribution is -0.145. The van der Waals surface area contributed by atoms with Crippen LogP contribution in [0.2, 0.25) is 0 Å². The van der Waals surface area contributed by atoms with Crippen molar-refractivity contribution >= 4 is 30.7 Å². The summed E-state index contributed by atoms with van der Waals surface area (Å²) in [5, 5.41) is 3.32. The third kappa shape index (κ3) is 5.13. The lowest BCUT2D eigenvalue weighted by Crippen LogP contribution is -2.40. The maximum atomic E-state index is 12.6. The summed E-state index contributed by atoms with van der Waals surface area (Å²) < 4.78 is 37.4. The highest BCUT2D eigenvalue weighted by Crippen LogP contribution is 2.59. The van der Waals surface area contributed by atoms with E-state index in [2.05, 4.69) is 5.32 Å². The molecule has 1 spiro atoms. The van der Waals surface area contributed by atoms with Crippen molar-refractivity contribution in [2.75, 3.05) is 45.8 Å². The molecule has 3 aliphatic rings. The Kier molecular flexibility index (Phi) is 7.66. The van der Waals surface area contributed by atoms with Crippen LogP contribution in [0.5, 0.6) is 0 Å². The van der Waals surface area contributed by atoms with E-state index in [1.54, 1.807) is 4.90 Å². The summed E-state index contributed by atoms with van der Waals surface area (Å²) >= 11 is 0. The molecule has 0 aromatic carbocycles. The summed E-state index contributed by atoms with van der Waals surface area (Å²) in [6, 6.07) is 0. The second-order valence-corrected chi connectivity index (χ2v) is 6.94. The Morgan fingerprint density at radius 2 is 1.75 bits per heavy atom. The van der Waals surface area contributed by atoms with Crippen molar-refractivity contribution in [3.63, 3.8) is 0 Å². The molecule has 9 heteroatoms. The fourth-order valence-corrected chi connectivity index (χ4v) is 4.00. The summed E-state index contributed by atoms with van der Waals surface area (Å²) in [6.07, 6.45) is -0.455. The van der Waals surface area contributed by atoms with Crippen molar-refractivity contribution in [1.82, 2.24) is 15.1 Å². The molecule has 142 valence electrons. The second-order valence-electron chi connectivity index (χ2n) is 6.94. The van der Waals surface area contributed by atoms with Gasteiger partial charge in [0.2, 0.25) is 5.91 Å². The maximum absolute atomic E-state index is 12.6. The van der Waals surface area contributed by atoms with Crippen LogP contribution in [-0.2, 0) is 4.79 Å². The van der Waals surface area contributed by atoms with Crippen LogP contribution in [0, 0.1) is 11.3 Å². The number of carbonyl (C=O) groups is 1. The lowest BCUT2D eigenvalue weighted by atomic mass is 9.91. The van der Waals surface area contributed by atoms with Crippen LogP contribution in [0.4, 0.5) is 13.2 Å². The van der Waals surface area contributed by atoms with E-state index in [1.807, 2.05) is 0 Å². The van der Waals surface area contributed by atoms with Gasteiger partial charge in [0.15, 0.2) is 0 Å². The van der Waals surface area contributed by atoms with Crippen molar-refractivity contribution in [3.8, 4) is 0 Å². The zero-order chi connectivity index (χ0) is 15.8. The van der Waals surface area contributed by atoms with E-state index >= 15 is 0 Å². The average molecular weight is 392 g/mol. The number of piperidine rings is 1. The second kappa shape index (κ2) is 8.43. The minimum atomic E-state index is -4.16. The Hall–Kier alpha value is -0.240. The van der Waals surface area contributed by atoms with E-state index in [0.717, 1.165) is 32.4 Å². The number of nitrogens with zero attached hydrogens (tertiary/aromatic N) is 2. The number of halogens is 5. The maximum Gasteiger partial charge on any atom is 0.401 e. The molecule has 0 aromatic heterocycles. The molecular formula is C15H26Cl2F3N3O. The molecule has 1 N–H and O–H groups in total. The fourth-order valence-electron chi connectivity index (χ4n) is 4.00. The van der Waals surface area contributed by atoms with Crippen LogP contribution in [0.1, 0.15) is 25.7 Å². The molecule has 3 fully saturated rings. The van der Waals surface area contributed by atoms with Gasteiger partial charge in [-0.25, -0.2) is 0 Å². The van der Waals surface area contributed by atoms with E-state index in [-0.39, 0.29) is 42.1 Å². The molecule has 0 aromatic rings. The Balaban J connectivity index is 0.00000144. The van der Waals surface area contributed by atoms with Crippen LogP contribution in [0.3, 0.4) is 0 Å². The SMILES string of the molecule is Cl.Cl.O=C(C1CC12CCNCC2)N1CCCN(CC(F)(F)F)CC1. The summed E-state index contributed by atoms with van der Waals surface area (Å²) in [5.41, 5.74) is 0.195. The van der Waals surface area contributed by atoms with Crippen LogP contribution in [0.15, 0.2) is 0 Å². The van der Waals surface area contributed by atoms with Crippen molar-refractivity contribution in [2.24, 2.45) is 11.3 Å². The van der Waals surface area contributed by atoms with E-state index in [1.165, 1.54) is 4.90 Å². The van der Waals surface area contributed by atoms with E-state index in [4.69, 9.17) is 0 Å². The standard InChI is InChI=1S/C15H24F3N3O.2ClH/c16-15(17,18)11-20-6-1-7-21(9-8-20)13(22)12-10-14(12)2-4-19-5-3-14;;/h12,19H,1-11H2;2*1H.